The first-order chi connectivity index (χ1) is 5.85. The molecular weight excluding hydrogens is 148 g/mol. The summed E-state index contributed by atoms with van der Waals surface area (Å²) in [4.78, 5) is 3.61. The Morgan fingerprint density at radius 1 is 1.50 bits per heavy atom. The molecule has 0 unspecified atom stereocenters. The van der Waals surface area contributed by atoms with E-state index in [0.29, 0.717) is 0 Å². The molecule has 0 aromatic carbocycles. The van der Waals surface area contributed by atoms with Crippen molar-refractivity contribution in [3.05, 3.63) is 23.9 Å². The topological polar surface area (TPSA) is 24.4 Å². The van der Waals surface area contributed by atoms with Crippen LogP contribution < -0.4 is 5.32 Å². The molecule has 0 heterocycles. The van der Waals surface area contributed by atoms with E-state index in [-0.39, 0.29) is 0 Å². The summed E-state index contributed by atoms with van der Waals surface area (Å²) in [5, 5.41) is 3.05. The minimum Gasteiger partial charge on any atom is -0.316 e. The highest BCUT2D eigenvalue weighted by molar-refractivity contribution is 5.28. The Morgan fingerprint density at radius 3 is 2.42 bits per heavy atom. The van der Waals surface area contributed by atoms with Crippen LogP contribution in [0.25, 0.3) is 0 Å². The molecular formula is C10H20N2. The Hall–Kier alpha value is -0.890. The summed E-state index contributed by atoms with van der Waals surface area (Å²) < 4.78 is 0. The fourth-order valence-corrected chi connectivity index (χ4v) is 0.610. The molecule has 1 N–H and O–H groups in total. The van der Waals surface area contributed by atoms with E-state index in [4.69, 9.17) is 0 Å². The van der Waals surface area contributed by atoms with Crippen molar-refractivity contribution in [2.24, 2.45) is 4.99 Å². The molecule has 2 heteroatoms. The number of hydrogen-bond donors (Lipinski definition) is 1. The van der Waals surface area contributed by atoms with Crippen LogP contribution in [0.4, 0.5) is 0 Å². The van der Waals surface area contributed by atoms with Crippen molar-refractivity contribution in [1.29, 1.82) is 0 Å². The van der Waals surface area contributed by atoms with Gasteiger partial charge in [-0.05, 0) is 32.3 Å². The summed E-state index contributed by atoms with van der Waals surface area (Å²) in [6.07, 6.45) is 5.66. The Morgan fingerprint density at radius 2 is 2.08 bits per heavy atom. The first kappa shape index (κ1) is 13.7. The van der Waals surface area contributed by atoms with Gasteiger partial charge in [0.1, 0.15) is 0 Å². The fraction of sp³-hybridized carbons (Fsp3) is 0.500. The number of nitrogens with one attached hydrogen (secondary N) is 1. The molecule has 0 spiro atoms. The van der Waals surface area contributed by atoms with E-state index in [0.717, 1.165) is 6.54 Å². The molecule has 0 radical (unpaired) electrons. The quantitative estimate of drug-likeness (QED) is 0.506. The second-order valence-electron chi connectivity index (χ2n) is 1.89. The Labute approximate surface area is 76.1 Å². The van der Waals surface area contributed by atoms with Gasteiger partial charge in [0.15, 0.2) is 0 Å². The van der Waals surface area contributed by atoms with E-state index in [1.807, 2.05) is 40.0 Å². The molecule has 12 heavy (non-hydrogen) atoms. The fourth-order valence-electron chi connectivity index (χ4n) is 0.610. The minimum absolute atomic E-state index is 0.878. The molecule has 0 saturated carbocycles. The van der Waals surface area contributed by atoms with E-state index < -0.39 is 0 Å². The molecule has 0 atom stereocenters. The van der Waals surface area contributed by atoms with Gasteiger partial charge in [-0.2, -0.15) is 0 Å². The maximum absolute atomic E-state index is 3.61. The average molecular weight is 168 g/mol. The van der Waals surface area contributed by atoms with Crippen molar-refractivity contribution in [3.63, 3.8) is 0 Å². The highest BCUT2D eigenvalue weighted by Gasteiger charge is 1.84. The molecule has 0 bridgehead atoms. The third kappa shape index (κ3) is 9.11. The summed E-state index contributed by atoms with van der Waals surface area (Å²) >= 11 is 0. The van der Waals surface area contributed by atoms with Crippen molar-refractivity contribution < 1.29 is 0 Å². The lowest BCUT2D eigenvalue weighted by molar-refractivity contribution is 0.893. The van der Waals surface area contributed by atoms with Gasteiger partial charge in [0.2, 0.25) is 0 Å². The highest BCUT2D eigenvalue weighted by Crippen LogP contribution is 1.93. The molecule has 0 aliphatic carbocycles. The second-order valence-corrected chi connectivity index (χ2v) is 1.89. The summed E-state index contributed by atoms with van der Waals surface area (Å²) in [5.41, 5.74) is 1.22. The van der Waals surface area contributed by atoms with Crippen LogP contribution >= 0.6 is 0 Å². The highest BCUT2D eigenvalue weighted by atomic mass is 14.8. The Balaban J connectivity index is 0. The zero-order chi connectivity index (χ0) is 9.82. The molecule has 0 aliphatic rings. The molecule has 0 rings (SSSR count). The summed E-state index contributed by atoms with van der Waals surface area (Å²) in [7, 11) is 1.92. The zero-order valence-corrected chi connectivity index (χ0v) is 8.59. The van der Waals surface area contributed by atoms with E-state index >= 15 is 0 Å². The molecule has 0 aromatic heterocycles. The van der Waals surface area contributed by atoms with Crippen LogP contribution in [0.2, 0.25) is 0 Å². The van der Waals surface area contributed by atoms with Gasteiger partial charge in [-0.25, -0.2) is 0 Å². The van der Waals surface area contributed by atoms with E-state index in [1.165, 1.54) is 5.57 Å². The van der Waals surface area contributed by atoms with Gasteiger partial charge in [-0.3, -0.25) is 4.99 Å². The molecule has 0 aromatic rings. The summed E-state index contributed by atoms with van der Waals surface area (Å²) in [5.74, 6) is 0. The maximum Gasteiger partial charge on any atom is 0.0263 e. The van der Waals surface area contributed by atoms with Crippen molar-refractivity contribution in [2.75, 3.05) is 13.6 Å². The van der Waals surface area contributed by atoms with Crippen LogP contribution in [-0.2, 0) is 0 Å². The predicted octanol–water partition coefficient (Wildman–Crippen LogP) is 2.39. The molecule has 2 nitrogen and oxygen atoms in total. The van der Waals surface area contributed by atoms with Crippen molar-refractivity contribution in [2.45, 2.75) is 20.8 Å². The van der Waals surface area contributed by atoms with Gasteiger partial charge < -0.3 is 5.32 Å². The van der Waals surface area contributed by atoms with Gasteiger partial charge in [-0.1, -0.05) is 19.9 Å². The smallest absolute Gasteiger partial charge is 0.0263 e. The molecule has 0 aliphatic heterocycles. The van der Waals surface area contributed by atoms with Crippen LogP contribution in [0.15, 0.2) is 28.9 Å². The number of rotatable bonds is 4. The number of hydrogen-bond acceptors (Lipinski definition) is 2. The lowest BCUT2D eigenvalue weighted by Gasteiger charge is -1.96. The maximum atomic E-state index is 3.61. The van der Waals surface area contributed by atoms with Gasteiger partial charge in [0.05, 0.1) is 0 Å². The number of allylic oxidation sites excluding steroid dienone is 1. The first-order valence-electron chi connectivity index (χ1n) is 4.27. The normalized spacial score (nSPS) is 10.8. The van der Waals surface area contributed by atoms with Gasteiger partial charge in [-0.15, -0.1) is 0 Å². The largest absolute Gasteiger partial charge is 0.316 e. The lowest BCUT2D eigenvalue weighted by atomic mass is 10.2. The predicted molar refractivity (Wildman–Crippen MR) is 57.7 cm³/mol. The monoisotopic (exact) mass is 168 g/mol. The lowest BCUT2D eigenvalue weighted by Crippen LogP contribution is -2.08. The number of aliphatic imine (C=N–C) groups is 1. The van der Waals surface area contributed by atoms with E-state index in [9.17, 15) is 0 Å². The molecule has 0 saturated heterocycles. The van der Waals surface area contributed by atoms with Crippen LogP contribution in [-0.4, -0.2) is 20.3 Å². The number of nitrogens with zero attached hydrogens (tertiary/aromatic N) is 1. The van der Waals surface area contributed by atoms with E-state index in [1.54, 1.807) is 6.20 Å². The Kier molecular flexibility index (Phi) is 14.5. The first-order valence-corrected chi connectivity index (χ1v) is 4.27. The van der Waals surface area contributed by atoms with Crippen LogP contribution in [0.3, 0.4) is 0 Å². The Bertz CT molecular complexity index is 146. The summed E-state index contributed by atoms with van der Waals surface area (Å²) in [6, 6.07) is 0. The van der Waals surface area contributed by atoms with Crippen molar-refractivity contribution >= 4 is 6.72 Å². The van der Waals surface area contributed by atoms with Gasteiger partial charge >= 0.3 is 0 Å². The molecule has 70 valence electrons. The van der Waals surface area contributed by atoms with Crippen LogP contribution in [0.5, 0.6) is 0 Å². The molecule has 0 amide bonds. The van der Waals surface area contributed by atoms with Crippen LogP contribution in [0, 0.1) is 0 Å². The second kappa shape index (κ2) is 12.8. The minimum atomic E-state index is 0.878. The van der Waals surface area contributed by atoms with Crippen molar-refractivity contribution in [1.82, 2.24) is 5.32 Å². The van der Waals surface area contributed by atoms with Crippen molar-refractivity contribution in [3.8, 4) is 0 Å². The third-order valence-electron chi connectivity index (χ3n) is 1.15. The van der Waals surface area contributed by atoms with Gasteiger partial charge in [0, 0.05) is 12.7 Å². The third-order valence-corrected chi connectivity index (χ3v) is 1.15. The SMILES string of the molecule is C=N/C=C\C(=C/C)CNC.CC. The number of likely N-dealkylation sites (N-methyl/N-ethyl adjacent to an activating group) is 1. The molecule has 0 fully saturated rings. The average Bonchev–Trinajstić information content (AvgIpc) is 2.15. The van der Waals surface area contributed by atoms with Gasteiger partial charge in [0.25, 0.3) is 0 Å². The standard InChI is InChI=1S/C8H14N2.C2H6/c1-4-8(7-10-3)5-6-9-2;1-2/h4-6,10H,2,7H2,1,3H3;1-2H3/b6-5-,8-4+;. The van der Waals surface area contributed by atoms with E-state index in [2.05, 4.69) is 17.0 Å². The summed E-state index contributed by atoms with van der Waals surface area (Å²) in [6.45, 7) is 10.2. The zero-order valence-electron chi connectivity index (χ0n) is 8.59. The van der Waals surface area contributed by atoms with Crippen LogP contribution in [0.1, 0.15) is 20.8 Å².